The Morgan fingerprint density at radius 2 is 1.78 bits per heavy atom. The summed E-state index contributed by atoms with van der Waals surface area (Å²) in [5.74, 6) is -0.159. The molecule has 4 heteroatoms. The van der Waals surface area contributed by atoms with E-state index in [1.807, 2.05) is 26.0 Å². The van der Waals surface area contributed by atoms with Crippen molar-refractivity contribution in [2.24, 2.45) is 0 Å². The second-order valence-electron chi connectivity index (χ2n) is 5.53. The summed E-state index contributed by atoms with van der Waals surface area (Å²) >= 11 is 0. The van der Waals surface area contributed by atoms with Gasteiger partial charge in [0.2, 0.25) is 0 Å². The first kappa shape index (κ1) is 13.3. The molecule has 1 aromatic rings. The van der Waals surface area contributed by atoms with Crippen molar-refractivity contribution < 1.29 is 9.50 Å². The Kier molecular flexibility index (Phi) is 3.88. The molecule has 1 N–H and O–H groups in total. The van der Waals surface area contributed by atoms with Crippen LogP contribution in [0.4, 0.5) is 10.1 Å². The van der Waals surface area contributed by atoms with E-state index in [0.717, 1.165) is 26.2 Å². The second kappa shape index (κ2) is 5.24. The molecule has 1 aliphatic heterocycles. The minimum atomic E-state index is -0.667. The third-order valence-corrected chi connectivity index (χ3v) is 3.18. The number of piperazine rings is 1. The summed E-state index contributed by atoms with van der Waals surface area (Å²) in [4.78, 5) is 4.29. The van der Waals surface area contributed by atoms with Gasteiger partial charge < -0.3 is 10.0 Å². The summed E-state index contributed by atoms with van der Waals surface area (Å²) in [6.07, 6.45) is 0. The minimum absolute atomic E-state index is 0.159. The van der Waals surface area contributed by atoms with E-state index in [2.05, 4.69) is 9.80 Å². The van der Waals surface area contributed by atoms with Crippen molar-refractivity contribution in [3.63, 3.8) is 0 Å². The molecule has 0 aromatic heterocycles. The molecule has 0 unspecified atom stereocenters. The number of anilines is 1. The molecule has 0 aliphatic carbocycles. The lowest BCUT2D eigenvalue weighted by molar-refractivity contribution is 0.0344. The lowest BCUT2D eigenvalue weighted by Crippen LogP contribution is -2.50. The molecule has 0 atom stereocenters. The Morgan fingerprint density at radius 3 is 2.33 bits per heavy atom. The van der Waals surface area contributed by atoms with Gasteiger partial charge >= 0.3 is 0 Å². The molecule has 0 amide bonds. The molecule has 18 heavy (non-hydrogen) atoms. The van der Waals surface area contributed by atoms with Crippen molar-refractivity contribution in [1.82, 2.24) is 4.90 Å². The fourth-order valence-electron chi connectivity index (χ4n) is 2.40. The van der Waals surface area contributed by atoms with E-state index >= 15 is 0 Å². The SMILES string of the molecule is CC(C)(O)CN1CCN(c2ccccc2F)CC1. The number of aliphatic hydroxyl groups is 1. The van der Waals surface area contributed by atoms with E-state index in [9.17, 15) is 9.50 Å². The fraction of sp³-hybridized carbons (Fsp3) is 0.571. The van der Waals surface area contributed by atoms with Crippen LogP contribution in [-0.4, -0.2) is 48.3 Å². The number of hydrogen-bond donors (Lipinski definition) is 1. The first-order valence-corrected chi connectivity index (χ1v) is 6.40. The molecule has 1 aromatic carbocycles. The maximum atomic E-state index is 13.6. The Bertz CT molecular complexity index is 395. The zero-order chi connectivity index (χ0) is 13.2. The van der Waals surface area contributed by atoms with Crippen LogP contribution in [0.25, 0.3) is 0 Å². The van der Waals surface area contributed by atoms with Gasteiger partial charge in [-0.25, -0.2) is 4.39 Å². The largest absolute Gasteiger partial charge is 0.389 e. The molecule has 1 aliphatic rings. The Labute approximate surface area is 108 Å². The number of rotatable bonds is 3. The fourth-order valence-corrected chi connectivity index (χ4v) is 2.40. The number of β-amino-alcohol motifs (C(OH)–C–C–N with tert-alkyl or cyclic N) is 1. The van der Waals surface area contributed by atoms with Gasteiger partial charge in [-0.05, 0) is 26.0 Å². The lowest BCUT2D eigenvalue weighted by Gasteiger charge is -2.38. The topological polar surface area (TPSA) is 26.7 Å². The highest BCUT2D eigenvalue weighted by atomic mass is 19.1. The highest BCUT2D eigenvalue weighted by Crippen LogP contribution is 2.20. The summed E-state index contributed by atoms with van der Waals surface area (Å²) in [6, 6.07) is 6.89. The van der Waals surface area contributed by atoms with Crippen LogP contribution in [0.15, 0.2) is 24.3 Å². The maximum absolute atomic E-state index is 13.6. The molecule has 2 rings (SSSR count). The van der Waals surface area contributed by atoms with Crippen molar-refractivity contribution in [2.45, 2.75) is 19.4 Å². The molecular weight excluding hydrogens is 231 g/mol. The molecule has 3 nitrogen and oxygen atoms in total. The zero-order valence-electron chi connectivity index (χ0n) is 11.1. The van der Waals surface area contributed by atoms with E-state index in [4.69, 9.17) is 0 Å². The average Bonchev–Trinajstić information content (AvgIpc) is 2.29. The van der Waals surface area contributed by atoms with Crippen LogP contribution in [0.5, 0.6) is 0 Å². The summed E-state index contributed by atoms with van der Waals surface area (Å²) in [6.45, 7) is 7.62. The smallest absolute Gasteiger partial charge is 0.146 e. The van der Waals surface area contributed by atoms with Gasteiger partial charge in [0, 0.05) is 32.7 Å². The van der Waals surface area contributed by atoms with E-state index in [1.54, 1.807) is 6.07 Å². The van der Waals surface area contributed by atoms with Gasteiger partial charge in [-0.2, -0.15) is 0 Å². The van der Waals surface area contributed by atoms with Crippen molar-refractivity contribution in [3.05, 3.63) is 30.1 Å². The van der Waals surface area contributed by atoms with Gasteiger partial charge in [0.25, 0.3) is 0 Å². The van der Waals surface area contributed by atoms with Crippen LogP contribution in [0.3, 0.4) is 0 Å². The maximum Gasteiger partial charge on any atom is 0.146 e. The van der Waals surface area contributed by atoms with Gasteiger partial charge in [0.05, 0.1) is 11.3 Å². The van der Waals surface area contributed by atoms with Crippen LogP contribution in [-0.2, 0) is 0 Å². The summed E-state index contributed by atoms with van der Waals surface area (Å²) in [7, 11) is 0. The molecule has 100 valence electrons. The van der Waals surface area contributed by atoms with Crippen molar-refractivity contribution in [1.29, 1.82) is 0 Å². The van der Waals surface area contributed by atoms with Gasteiger partial charge in [-0.3, -0.25) is 4.90 Å². The normalized spacial score (nSPS) is 18.1. The van der Waals surface area contributed by atoms with Crippen molar-refractivity contribution in [3.8, 4) is 0 Å². The first-order valence-electron chi connectivity index (χ1n) is 6.40. The predicted molar refractivity (Wildman–Crippen MR) is 71.4 cm³/mol. The van der Waals surface area contributed by atoms with Crippen molar-refractivity contribution in [2.75, 3.05) is 37.6 Å². The van der Waals surface area contributed by atoms with Crippen LogP contribution >= 0.6 is 0 Å². The second-order valence-corrected chi connectivity index (χ2v) is 5.53. The zero-order valence-corrected chi connectivity index (χ0v) is 11.1. The summed E-state index contributed by atoms with van der Waals surface area (Å²) < 4.78 is 13.6. The van der Waals surface area contributed by atoms with E-state index in [-0.39, 0.29) is 5.82 Å². The van der Waals surface area contributed by atoms with Crippen LogP contribution < -0.4 is 4.90 Å². The van der Waals surface area contributed by atoms with Crippen LogP contribution in [0, 0.1) is 5.82 Å². The number of nitrogens with zero attached hydrogens (tertiary/aromatic N) is 2. The third-order valence-electron chi connectivity index (χ3n) is 3.18. The first-order chi connectivity index (χ1) is 8.46. The standard InChI is InChI=1S/C14H21FN2O/c1-14(2,18)11-16-7-9-17(10-8-16)13-6-4-3-5-12(13)15/h3-6,18H,7-11H2,1-2H3. The predicted octanol–water partition coefficient (Wildman–Crippen LogP) is 1.72. The van der Waals surface area contributed by atoms with Gasteiger partial charge in [-0.15, -0.1) is 0 Å². The molecule has 0 spiro atoms. The number of benzene rings is 1. The lowest BCUT2D eigenvalue weighted by atomic mass is 10.1. The average molecular weight is 252 g/mol. The summed E-state index contributed by atoms with van der Waals surface area (Å²) in [5, 5.41) is 9.78. The molecular formula is C14H21FN2O. The van der Waals surface area contributed by atoms with Crippen LogP contribution in [0.1, 0.15) is 13.8 Å². The minimum Gasteiger partial charge on any atom is -0.389 e. The highest BCUT2D eigenvalue weighted by Gasteiger charge is 2.23. The number of halogens is 1. The Hall–Kier alpha value is -1.13. The molecule has 1 fully saturated rings. The van der Waals surface area contributed by atoms with Crippen LogP contribution in [0.2, 0.25) is 0 Å². The molecule has 0 bridgehead atoms. The number of hydrogen-bond acceptors (Lipinski definition) is 3. The van der Waals surface area contributed by atoms with E-state index in [0.29, 0.717) is 12.2 Å². The molecule has 1 saturated heterocycles. The highest BCUT2D eigenvalue weighted by molar-refractivity contribution is 5.47. The van der Waals surface area contributed by atoms with E-state index in [1.165, 1.54) is 6.07 Å². The van der Waals surface area contributed by atoms with E-state index < -0.39 is 5.60 Å². The van der Waals surface area contributed by atoms with Gasteiger partial charge in [0.1, 0.15) is 5.82 Å². The van der Waals surface area contributed by atoms with Gasteiger partial charge in [-0.1, -0.05) is 12.1 Å². The quantitative estimate of drug-likeness (QED) is 0.887. The van der Waals surface area contributed by atoms with Crippen molar-refractivity contribution >= 4 is 5.69 Å². The Balaban J connectivity index is 1.93. The summed E-state index contributed by atoms with van der Waals surface area (Å²) in [5.41, 5.74) is 0.0144. The third kappa shape index (κ3) is 3.43. The monoisotopic (exact) mass is 252 g/mol. The molecule has 0 saturated carbocycles. The Morgan fingerprint density at radius 1 is 1.17 bits per heavy atom. The molecule has 1 heterocycles. The molecule has 0 radical (unpaired) electrons. The van der Waals surface area contributed by atoms with Gasteiger partial charge in [0.15, 0.2) is 0 Å². The number of para-hydroxylation sites is 1.